The minimum atomic E-state index is -0.264. The highest BCUT2D eigenvalue weighted by Crippen LogP contribution is 2.24. The molecule has 0 radical (unpaired) electrons. The Morgan fingerprint density at radius 2 is 0.939 bits per heavy atom. The Hall–Kier alpha value is -3.68. The van der Waals surface area contributed by atoms with Gasteiger partial charge in [-0.3, -0.25) is 0 Å². The Balaban J connectivity index is 1.24. The van der Waals surface area contributed by atoms with Crippen LogP contribution in [0.25, 0.3) is 22.5 Å². The first kappa shape index (κ1) is 22.5. The van der Waals surface area contributed by atoms with Crippen LogP contribution in [0.1, 0.15) is 32.1 Å². The number of anilines is 2. The van der Waals surface area contributed by atoms with E-state index in [0.29, 0.717) is 11.9 Å². The van der Waals surface area contributed by atoms with Crippen LogP contribution in [-0.4, -0.2) is 19.1 Å². The molecular formula is C25H28F2N6. The van der Waals surface area contributed by atoms with E-state index in [-0.39, 0.29) is 11.6 Å². The largest absolute Gasteiger partial charge is 0.369 e. The predicted molar refractivity (Wildman–Crippen MR) is 127 cm³/mol. The van der Waals surface area contributed by atoms with Crippen LogP contribution >= 0.6 is 0 Å². The van der Waals surface area contributed by atoms with Crippen molar-refractivity contribution in [1.82, 2.24) is 19.1 Å². The van der Waals surface area contributed by atoms with Gasteiger partial charge in [0.25, 0.3) is 0 Å². The molecule has 4 N–H and O–H groups in total. The minimum Gasteiger partial charge on any atom is -0.369 e. The summed E-state index contributed by atoms with van der Waals surface area (Å²) >= 11 is 0. The lowest BCUT2D eigenvalue weighted by Crippen LogP contribution is -2.06. The van der Waals surface area contributed by atoms with E-state index >= 15 is 0 Å². The Kier molecular flexibility index (Phi) is 7.02. The number of nitrogens with two attached hydrogens (primary N) is 2. The van der Waals surface area contributed by atoms with Gasteiger partial charge in [-0.15, -0.1) is 0 Å². The standard InChI is InChI=1S/C25H28F2N6/c26-20-10-6-18(7-11-20)22-16-30-24(28)32(22)14-4-2-1-3-5-15-33-23(17-31-25(33)29)19-8-12-21(27)13-9-19/h6-13,16-17H,1-5,14-15H2,(H2,28,30)(H2,29,31). The first-order valence-corrected chi connectivity index (χ1v) is 11.2. The molecule has 0 fully saturated rings. The molecule has 0 amide bonds. The number of hydrogen-bond donors (Lipinski definition) is 2. The van der Waals surface area contributed by atoms with E-state index in [1.807, 2.05) is 9.13 Å². The fourth-order valence-corrected chi connectivity index (χ4v) is 4.02. The van der Waals surface area contributed by atoms with Crippen molar-refractivity contribution < 1.29 is 8.78 Å². The molecule has 0 unspecified atom stereocenters. The molecule has 2 aromatic carbocycles. The van der Waals surface area contributed by atoms with Crippen molar-refractivity contribution in [3.63, 3.8) is 0 Å². The Bertz CT molecular complexity index is 1090. The van der Waals surface area contributed by atoms with Gasteiger partial charge in [0.2, 0.25) is 11.9 Å². The third-order valence-electron chi connectivity index (χ3n) is 5.82. The molecule has 172 valence electrons. The van der Waals surface area contributed by atoms with Crippen LogP contribution in [0.4, 0.5) is 20.7 Å². The molecular weight excluding hydrogens is 422 g/mol. The molecule has 2 heterocycles. The van der Waals surface area contributed by atoms with E-state index < -0.39 is 0 Å². The molecule has 8 heteroatoms. The summed E-state index contributed by atoms with van der Waals surface area (Å²) in [4.78, 5) is 8.45. The molecule has 6 nitrogen and oxygen atoms in total. The number of unbranched alkanes of at least 4 members (excludes halogenated alkanes) is 4. The van der Waals surface area contributed by atoms with Crippen LogP contribution in [0.5, 0.6) is 0 Å². The zero-order valence-electron chi connectivity index (χ0n) is 18.4. The predicted octanol–water partition coefficient (Wildman–Crippen LogP) is 5.51. The van der Waals surface area contributed by atoms with Crippen LogP contribution in [0, 0.1) is 11.6 Å². The van der Waals surface area contributed by atoms with E-state index in [1.54, 1.807) is 36.7 Å². The maximum atomic E-state index is 13.2. The zero-order valence-corrected chi connectivity index (χ0v) is 18.4. The third-order valence-corrected chi connectivity index (χ3v) is 5.82. The Morgan fingerprint density at radius 1 is 0.576 bits per heavy atom. The number of hydrogen-bond acceptors (Lipinski definition) is 4. The van der Waals surface area contributed by atoms with Crippen molar-refractivity contribution in [3.05, 3.63) is 72.6 Å². The maximum Gasteiger partial charge on any atom is 0.200 e. The van der Waals surface area contributed by atoms with Gasteiger partial charge in [-0.25, -0.2) is 18.7 Å². The van der Waals surface area contributed by atoms with Crippen LogP contribution < -0.4 is 11.5 Å². The highest BCUT2D eigenvalue weighted by atomic mass is 19.1. The van der Waals surface area contributed by atoms with Gasteiger partial charge >= 0.3 is 0 Å². The van der Waals surface area contributed by atoms with Crippen molar-refractivity contribution in [2.75, 3.05) is 11.5 Å². The lowest BCUT2D eigenvalue weighted by Gasteiger charge is -2.11. The van der Waals surface area contributed by atoms with Crippen molar-refractivity contribution >= 4 is 11.9 Å². The first-order chi connectivity index (χ1) is 16.0. The molecule has 0 aliphatic rings. The number of nitrogens with zero attached hydrogens (tertiary/aromatic N) is 4. The molecule has 0 bridgehead atoms. The van der Waals surface area contributed by atoms with Gasteiger partial charge < -0.3 is 20.6 Å². The van der Waals surface area contributed by atoms with Crippen LogP contribution in [0.2, 0.25) is 0 Å². The normalized spacial score (nSPS) is 11.2. The molecule has 33 heavy (non-hydrogen) atoms. The van der Waals surface area contributed by atoms with Crippen LogP contribution in [0.15, 0.2) is 60.9 Å². The maximum absolute atomic E-state index is 13.2. The molecule has 0 aliphatic heterocycles. The van der Waals surface area contributed by atoms with Crippen molar-refractivity contribution in [3.8, 4) is 22.5 Å². The van der Waals surface area contributed by atoms with E-state index in [2.05, 4.69) is 9.97 Å². The third kappa shape index (κ3) is 5.39. The highest BCUT2D eigenvalue weighted by molar-refractivity contribution is 5.61. The van der Waals surface area contributed by atoms with Gasteiger partial charge in [-0.2, -0.15) is 0 Å². The van der Waals surface area contributed by atoms with E-state index in [1.165, 1.54) is 24.3 Å². The number of imidazole rings is 2. The molecule has 4 aromatic rings. The summed E-state index contributed by atoms with van der Waals surface area (Å²) in [7, 11) is 0. The number of benzene rings is 2. The molecule has 0 saturated heterocycles. The zero-order chi connectivity index (χ0) is 23.2. The Morgan fingerprint density at radius 3 is 1.33 bits per heavy atom. The molecule has 0 aliphatic carbocycles. The fourth-order valence-electron chi connectivity index (χ4n) is 4.02. The molecule has 0 saturated carbocycles. The monoisotopic (exact) mass is 450 g/mol. The van der Waals surface area contributed by atoms with E-state index in [4.69, 9.17) is 11.5 Å². The van der Waals surface area contributed by atoms with Crippen molar-refractivity contribution in [2.45, 2.75) is 45.2 Å². The lowest BCUT2D eigenvalue weighted by atomic mass is 10.1. The molecule has 0 atom stereocenters. The second kappa shape index (κ2) is 10.3. The summed E-state index contributed by atoms with van der Waals surface area (Å²) in [6, 6.07) is 12.7. The summed E-state index contributed by atoms with van der Waals surface area (Å²) in [5.74, 6) is 0.413. The summed E-state index contributed by atoms with van der Waals surface area (Å²) in [6.07, 6.45) is 8.62. The van der Waals surface area contributed by atoms with Gasteiger partial charge in [-0.1, -0.05) is 19.3 Å². The summed E-state index contributed by atoms with van der Waals surface area (Å²) in [5.41, 5.74) is 15.7. The number of halogens is 2. The van der Waals surface area contributed by atoms with E-state index in [0.717, 1.165) is 67.7 Å². The second-order valence-corrected chi connectivity index (χ2v) is 8.09. The average molecular weight is 451 g/mol. The molecule has 2 aromatic heterocycles. The number of rotatable bonds is 10. The summed E-state index contributed by atoms with van der Waals surface area (Å²) in [5, 5.41) is 0. The highest BCUT2D eigenvalue weighted by Gasteiger charge is 2.11. The Labute approximate surface area is 191 Å². The van der Waals surface area contributed by atoms with Gasteiger partial charge in [0.15, 0.2) is 0 Å². The SMILES string of the molecule is Nc1ncc(-c2ccc(F)cc2)n1CCCCCCCn1c(-c2ccc(F)cc2)cnc1N. The number of aromatic nitrogens is 4. The van der Waals surface area contributed by atoms with Crippen molar-refractivity contribution in [1.29, 1.82) is 0 Å². The first-order valence-electron chi connectivity index (χ1n) is 11.2. The minimum absolute atomic E-state index is 0.264. The molecule has 4 rings (SSSR count). The van der Waals surface area contributed by atoms with Gasteiger partial charge in [-0.05, 0) is 61.4 Å². The van der Waals surface area contributed by atoms with Crippen LogP contribution in [-0.2, 0) is 13.1 Å². The average Bonchev–Trinajstić information content (AvgIpc) is 3.36. The second-order valence-electron chi connectivity index (χ2n) is 8.09. The van der Waals surface area contributed by atoms with Gasteiger partial charge in [0, 0.05) is 24.2 Å². The summed E-state index contributed by atoms with van der Waals surface area (Å²) in [6.45, 7) is 1.53. The fraction of sp³-hybridized carbons (Fsp3) is 0.280. The lowest BCUT2D eigenvalue weighted by molar-refractivity contribution is 0.541. The quantitative estimate of drug-likeness (QED) is 0.312. The van der Waals surface area contributed by atoms with Gasteiger partial charge in [0.05, 0.1) is 23.8 Å². The number of nitrogen functional groups attached to an aromatic ring is 2. The summed E-state index contributed by atoms with van der Waals surface area (Å²) < 4.78 is 30.4. The topological polar surface area (TPSA) is 87.7 Å². The van der Waals surface area contributed by atoms with Gasteiger partial charge in [0.1, 0.15) is 11.6 Å². The van der Waals surface area contributed by atoms with E-state index in [9.17, 15) is 8.78 Å². The smallest absolute Gasteiger partial charge is 0.200 e. The van der Waals surface area contributed by atoms with Crippen molar-refractivity contribution in [2.24, 2.45) is 0 Å². The van der Waals surface area contributed by atoms with Crippen LogP contribution in [0.3, 0.4) is 0 Å². The molecule has 0 spiro atoms.